The summed E-state index contributed by atoms with van der Waals surface area (Å²) < 4.78 is 73.1. The first kappa shape index (κ1) is 88.2. The molecule has 0 aromatic carbocycles. The Bertz CT molecular complexity index is 2420. The molecular weight excluding hydrogens is 1320 g/mol. The van der Waals surface area contributed by atoms with E-state index in [-0.39, 0.29) is 124 Å². The maximum absolute atomic E-state index is 13.8. The van der Waals surface area contributed by atoms with Crippen LogP contribution in [-0.4, -0.2) is 326 Å². The molecule has 0 bridgehead atoms. The first-order valence-corrected chi connectivity index (χ1v) is 33.6. The van der Waals surface area contributed by atoms with Crippen molar-refractivity contribution in [3.63, 3.8) is 0 Å². The van der Waals surface area contributed by atoms with Crippen LogP contribution in [0.15, 0.2) is 0 Å². The predicted molar refractivity (Wildman–Crippen MR) is 335 cm³/mol. The highest BCUT2D eigenvalue weighted by Gasteiger charge is 2.47. The molecule has 2 rings (SSSR count). The number of ether oxygens (including phenoxy) is 10. The minimum atomic E-state index is -3.90. The van der Waals surface area contributed by atoms with Crippen LogP contribution in [0.4, 0.5) is 0 Å². The molecule has 2 aliphatic heterocycles. The number of hydrogen-bond acceptors (Lipinski definition) is 29. The fourth-order valence-electron chi connectivity index (χ4n) is 9.40. The van der Waals surface area contributed by atoms with Crippen molar-refractivity contribution in [1.29, 1.82) is 0 Å². The van der Waals surface area contributed by atoms with Crippen LogP contribution in [0.3, 0.4) is 0 Å². The van der Waals surface area contributed by atoms with Gasteiger partial charge in [0, 0.05) is 72.9 Å². The average Bonchev–Trinajstić information content (AvgIpc) is 0.899. The Labute approximate surface area is 563 Å². The summed E-state index contributed by atoms with van der Waals surface area (Å²) in [5.41, 5.74) is -2.19. The summed E-state index contributed by atoms with van der Waals surface area (Å²) in [4.78, 5) is 114. The third-order valence-electron chi connectivity index (χ3n) is 14.8. The number of hydrogen-bond donors (Lipinski definition) is 18. The van der Waals surface area contributed by atoms with Gasteiger partial charge in [-0.3, -0.25) is 42.9 Å². The van der Waals surface area contributed by atoms with Gasteiger partial charge in [0.1, 0.15) is 79.1 Å². The van der Waals surface area contributed by atoms with Crippen molar-refractivity contribution in [1.82, 2.24) is 42.5 Å². The minimum Gasteiger partial charge on any atom is -0.394 e. The quantitative estimate of drug-likeness (QED) is 0.0153. The second-order valence-electron chi connectivity index (χ2n) is 24.0. The average molecular weight is 1430 g/mol. The molecule has 0 aromatic heterocycles. The maximum Gasteiger partial charge on any atom is 0.328 e. The molecule has 17 atom stereocenters. The highest BCUT2D eigenvalue weighted by atomic mass is 31.2. The monoisotopic (exact) mass is 1430 g/mol. The number of aliphatic hydroxyl groups is 9. The summed E-state index contributed by atoms with van der Waals surface area (Å²) in [5, 5.41) is 112. The predicted octanol–water partition coefficient (Wildman–Crippen LogP) is -7.38. The molecule has 2 fully saturated rings. The van der Waals surface area contributed by atoms with Crippen LogP contribution in [0, 0.1) is 0 Å². The first-order valence-electron chi connectivity index (χ1n) is 31.9. The fraction of sp³-hybridized carbons (Fsp3) is 0.862. The smallest absolute Gasteiger partial charge is 0.328 e. The Morgan fingerprint density at radius 1 is 0.557 bits per heavy atom. The maximum atomic E-state index is 13.8. The Morgan fingerprint density at radius 3 is 1.42 bits per heavy atom. The third kappa shape index (κ3) is 34.4. The lowest BCUT2D eigenvalue weighted by atomic mass is 9.97. The van der Waals surface area contributed by atoms with Crippen molar-refractivity contribution in [2.24, 2.45) is 0 Å². The normalized spacial score (nSPS) is 23.8. The lowest BCUT2D eigenvalue weighted by Crippen LogP contribution is -2.64. The highest BCUT2D eigenvalue weighted by Crippen LogP contribution is 2.45. The number of carbonyl (C=O) groups excluding carboxylic acids is 8. The minimum absolute atomic E-state index is 0.0402. The Morgan fingerprint density at radius 2 is 1.00 bits per heavy atom. The molecule has 97 heavy (non-hydrogen) atoms. The van der Waals surface area contributed by atoms with Crippen LogP contribution in [0.1, 0.15) is 93.9 Å². The van der Waals surface area contributed by atoms with Gasteiger partial charge in [0.05, 0.1) is 97.1 Å². The number of rotatable bonds is 50. The standard InChI is InChI=1S/C58H107N8O30P/c1-10-97(84,85)96-58(7,8)32-93-57(5,6)16-15-43(75)66-37(53(83)61-18-21-88-23-26-90-54(64-35(4)72)51(81)46(76)38(29-67)86-9)12-14-42(74)65-36(52(82)60-19-22-89-25-28-92-56-45(63-34(3)71)50(80)48(78)40(31-69)95-56)11-13-41(73)59-17-20-87-24-27-91-55-44(62-33(2)70)49(79)47(77)39(30-68)94-55/h36-40,44-51,54-56,67-69,76-81H,10-32H2,1-9H3,(H,59,73)(H,60,82)(H,61,83)(H,62,70)(H,63,71)(H,64,72)(H,65,74)(H,66,75)(H,84,85). The molecule has 39 heteroatoms. The van der Waals surface area contributed by atoms with E-state index >= 15 is 0 Å². The van der Waals surface area contributed by atoms with E-state index < -0.39 is 190 Å². The summed E-state index contributed by atoms with van der Waals surface area (Å²) in [6.07, 6.45) is -18.9. The van der Waals surface area contributed by atoms with Crippen LogP contribution in [0.2, 0.25) is 0 Å². The second kappa shape index (κ2) is 45.8. The zero-order valence-corrected chi connectivity index (χ0v) is 57.5. The van der Waals surface area contributed by atoms with Gasteiger partial charge >= 0.3 is 7.60 Å². The van der Waals surface area contributed by atoms with Gasteiger partial charge in [-0.05, 0) is 47.0 Å². The van der Waals surface area contributed by atoms with E-state index in [0.29, 0.717) is 0 Å². The summed E-state index contributed by atoms with van der Waals surface area (Å²) in [6, 6.07) is -5.14. The number of aliphatic hydroxyl groups excluding tert-OH is 9. The highest BCUT2D eigenvalue weighted by molar-refractivity contribution is 7.52. The topological polar surface area (TPSA) is 554 Å². The van der Waals surface area contributed by atoms with Crippen molar-refractivity contribution in [2.45, 2.75) is 203 Å². The van der Waals surface area contributed by atoms with Crippen molar-refractivity contribution in [2.75, 3.05) is 119 Å². The molecule has 0 aromatic rings. The van der Waals surface area contributed by atoms with E-state index in [1.807, 2.05) is 0 Å². The van der Waals surface area contributed by atoms with Gasteiger partial charge in [-0.15, -0.1) is 0 Å². The van der Waals surface area contributed by atoms with Gasteiger partial charge in [-0.25, -0.2) is 0 Å². The van der Waals surface area contributed by atoms with Crippen LogP contribution in [-0.2, 0) is 94.8 Å². The van der Waals surface area contributed by atoms with Gasteiger partial charge in [0.2, 0.25) is 47.3 Å². The van der Waals surface area contributed by atoms with Gasteiger partial charge in [-0.1, -0.05) is 6.92 Å². The van der Waals surface area contributed by atoms with Crippen molar-refractivity contribution in [3.05, 3.63) is 0 Å². The molecule has 38 nitrogen and oxygen atoms in total. The molecule has 2 heterocycles. The molecule has 2 aliphatic rings. The van der Waals surface area contributed by atoms with Crippen LogP contribution in [0.5, 0.6) is 0 Å². The van der Waals surface area contributed by atoms with Gasteiger partial charge in [0.15, 0.2) is 18.8 Å². The molecule has 17 unspecified atom stereocenters. The molecule has 0 radical (unpaired) electrons. The SMILES string of the molecule is CCP(=O)(O)OC(C)(C)COC(C)(C)CCC(=O)NC(CCC(=O)NC(CCC(=O)NCCOCCOC1OC(CO)C(O)C(O)C1NC(C)=O)C(=O)NCCOCCOC1OC(CO)C(O)C(O)C1NC(C)=O)C(=O)NCCOCCOC(NC(C)=O)C(O)C(O)C(CO)OC. The summed E-state index contributed by atoms with van der Waals surface area (Å²) in [7, 11) is -2.71. The van der Waals surface area contributed by atoms with Crippen LogP contribution in [0.25, 0.3) is 0 Å². The van der Waals surface area contributed by atoms with Gasteiger partial charge < -0.3 is 145 Å². The molecule has 8 amide bonds. The van der Waals surface area contributed by atoms with Gasteiger partial charge in [-0.2, -0.15) is 0 Å². The van der Waals surface area contributed by atoms with Crippen molar-refractivity contribution < 1.29 is 146 Å². The van der Waals surface area contributed by atoms with E-state index in [1.165, 1.54) is 27.9 Å². The molecule has 18 N–H and O–H groups in total. The third-order valence-corrected chi connectivity index (χ3v) is 16.3. The summed E-state index contributed by atoms with van der Waals surface area (Å²) in [6.45, 7) is 7.76. The van der Waals surface area contributed by atoms with Gasteiger partial charge in [0.25, 0.3) is 0 Å². The Balaban J connectivity index is 2.20. The van der Waals surface area contributed by atoms with Crippen molar-refractivity contribution >= 4 is 54.9 Å². The zero-order valence-electron chi connectivity index (χ0n) is 56.6. The molecule has 564 valence electrons. The first-order chi connectivity index (χ1) is 45.6. The van der Waals surface area contributed by atoms with E-state index in [1.54, 1.807) is 27.7 Å². The second-order valence-corrected chi connectivity index (χ2v) is 26.1. The lowest BCUT2D eigenvalue weighted by molar-refractivity contribution is -0.272. The zero-order chi connectivity index (χ0) is 73.1. The number of methoxy groups -OCH3 is 1. The van der Waals surface area contributed by atoms with Crippen LogP contribution < -0.4 is 42.5 Å². The summed E-state index contributed by atoms with van der Waals surface area (Å²) >= 11 is 0. The fourth-order valence-corrected chi connectivity index (χ4v) is 10.4. The number of nitrogens with one attached hydrogen (secondary N) is 8. The molecule has 0 spiro atoms. The van der Waals surface area contributed by atoms with E-state index in [4.69, 9.17) is 51.9 Å². The molecule has 2 saturated heterocycles. The van der Waals surface area contributed by atoms with Crippen molar-refractivity contribution in [3.8, 4) is 0 Å². The van der Waals surface area contributed by atoms with E-state index in [0.717, 1.165) is 6.92 Å². The van der Waals surface area contributed by atoms with E-state index in [2.05, 4.69) is 42.5 Å². The number of amides is 8. The largest absolute Gasteiger partial charge is 0.394 e. The Kier molecular flexibility index (Phi) is 41.7. The lowest BCUT2D eigenvalue weighted by Gasteiger charge is -2.42. The van der Waals surface area contributed by atoms with E-state index in [9.17, 15) is 93.8 Å². The molecular formula is C58H107N8O30P. The molecule has 0 aliphatic carbocycles. The number of carbonyl (C=O) groups is 8. The van der Waals surface area contributed by atoms with Crippen LogP contribution >= 0.6 is 7.60 Å². The Hall–Kier alpha value is -4.85. The summed E-state index contributed by atoms with van der Waals surface area (Å²) in [5.74, 6) is -5.25. The molecule has 0 saturated carbocycles.